The summed E-state index contributed by atoms with van der Waals surface area (Å²) in [5.41, 5.74) is 0.377. The SMILES string of the molecule is CCCNC(=O)c1ccn(COc2ccc(Cl)cc2Br)n1. The van der Waals surface area contributed by atoms with Crippen molar-refractivity contribution in [2.24, 2.45) is 0 Å². The molecular formula is C14H15BrClN3O2. The average Bonchev–Trinajstić information content (AvgIpc) is 2.93. The normalized spacial score (nSPS) is 10.4. The number of carbonyl (C=O) groups excluding carboxylic acids is 1. The number of rotatable bonds is 6. The topological polar surface area (TPSA) is 56.2 Å². The Hall–Kier alpha value is -1.53. The van der Waals surface area contributed by atoms with Crippen molar-refractivity contribution in [2.75, 3.05) is 6.54 Å². The van der Waals surface area contributed by atoms with Gasteiger partial charge in [0.05, 0.1) is 4.47 Å². The Labute approximate surface area is 136 Å². The summed E-state index contributed by atoms with van der Waals surface area (Å²) < 4.78 is 7.94. The first-order chi connectivity index (χ1) is 10.1. The van der Waals surface area contributed by atoms with Gasteiger partial charge in [0.2, 0.25) is 0 Å². The van der Waals surface area contributed by atoms with E-state index in [2.05, 4.69) is 26.3 Å². The lowest BCUT2D eigenvalue weighted by Crippen LogP contribution is -2.24. The molecule has 2 rings (SSSR count). The Balaban J connectivity index is 1.95. The van der Waals surface area contributed by atoms with Crippen molar-refractivity contribution >= 4 is 33.4 Å². The molecule has 21 heavy (non-hydrogen) atoms. The van der Waals surface area contributed by atoms with Crippen LogP contribution < -0.4 is 10.1 Å². The number of aromatic nitrogens is 2. The molecule has 1 N–H and O–H groups in total. The number of ether oxygens (including phenoxy) is 1. The van der Waals surface area contributed by atoms with E-state index in [0.29, 0.717) is 23.0 Å². The second-order valence-electron chi connectivity index (χ2n) is 4.34. The predicted octanol–water partition coefficient (Wildman–Crippen LogP) is 3.48. The van der Waals surface area contributed by atoms with Crippen LogP contribution >= 0.6 is 27.5 Å². The van der Waals surface area contributed by atoms with Crippen LogP contribution in [0.4, 0.5) is 0 Å². The molecule has 1 aromatic heterocycles. The fraction of sp³-hybridized carbons (Fsp3) is 0.286. The summed E-state index contributed by atoms with van der Waals surface area (Å²) in [6.45, 7) is 2.85. The number of halogens is 2. The van der Waals surface area contributed by atoms with E-state index in [4.69, 9.17) is 16.3 Å². The number of nitrogens with one attached hydrogen (secondary N) is 1. The van der Waals surface area contributed by atoms with Gasteiger partial charge in [0.25, 0.3) is 5.91 Å². The van der Waals surface area contributed by atoms with Gasteiger partial charge in [0.15, 0.2) is 6.73 Å². The molecule has 0 bridgehead atoms. The van der Waals surface area contributed by atoms with Crippen LogP contribution in [0.5, 0.6) is 5.75 Å². The van der Waals surface area contributed by atoms with Crippen LogP contribution in [-0.2, 0) is 6.73 Å². The Bertz CT molecular complexity index is 630. The molecule has 0 aliphatic carbocycles. The lowest BCUT2D eigenvalue weighted by Gasteiger charge is -2.08. The molecule has 0 saturated carbocycles. The molecule has 0 unspecified atom stereocenters. The second kappa shape index (κ2) is 7.47. The van der Waals surface area contributed by atoms with E-state index in [1.807, 2.05) is 6.92 Å². The molecule has 0 fully saturated rings. The first-order valence-corrected chi connectivity index (χ1v) is 7.66. The molecule has 5 nitrogen and oxygen atoms in total. The minimum atomic E-state index is -0.178. The predicted molar refractivity (Wildman–Crippen MR) is 84.6 cm³/mol. The monoisotopic (exact) mass is 371 g/mol. The Kier molecular flexibility index (Phi) is 5.64. The van der Waals surface area contributed by atoms with Crippen LogP contribution in [-0.4, -0.2) is 22.2 Å². The highest BCUT2D eigenvalue weighted by Crippen LogP contribution is 2.28. The number of amides is 1. The van der Waals surface area contributed by atoms with Crippen LogP contribution in [0, 0.1) is 0 Å². The van der Waals surface area contributed by atoms with Crippen LogP contribution in [0.25, 0.3) is 0 Å². The molecule has 112 valence electrons. The third kappa shape index (κ3) is 4.47. The van der Waals surface area contributed by atoms with Crippen molar-refractivity contribution in [3.8, 4) is 5.75 Å². The van der Waals surface area contributed by atoms with Gasteiger partial charge < -0.3 is 10.1 Å². The van der Waals surface area contributed by atoms with Gasteiger partial charge in [0, 0.05) is 17.8 Å². The Morgan fingerprint density at radius 1 is 1.48 bits per heavy atom. The van der Waals surface area contributed by atoms with Crippen molar-refractivity contribution in [3.05, 3.63) is 45.7 Å². The van der Waals surface area contributed by atoms with Gasteiger partial charge in [-0.2, -0.15) is 5.10 Å². The summed E-state index contributed by atoms with van der Waals surface area (Å²) in [5, 5.41) is 7.56. The number of hydrogen-bond donors (Lipinski definition) is 1. The molecule has 1 aromatic carbocycles. The van der Waals surface area contributed by atoms with E-state index in [1.165, 1.54) is 0 Å². The lowest BCUT2D eigenvalue weighted by molar-refractivity contribution is 0.0946. The van der Waals surface area contributed by atoms with Crippen LogP contribution in [0.15, 0.2) is 34.9 Å². The van der Waals surface area contributed by atoms with Gasteiger partial charge in [-0.3, -0.25) is 4.79 Å². The van der Waals surface area contributed by atoms with E-state index in [-0.39, 0.29) is 12.6 Å². The minimum absolute atomic E-state index is 0.178. The summed E-state index contributed by atoms with van der Waals surface area (Å²) >= 11 is 9.24. The Morgan fingerprint density at radius 3 is 3.00 bits per heavy atom. The summed E-state index contributed by atoms with van der Waals surface area (Å²) in [6.07, 6.45) is 2.59. The van der Waals surface area contributed by atoms with Crippen LogP contribution in [0.2, 0.25) is 5.02 Å². The molecule has 0 aliphatic rings. The van der Waals surface area contributed by atoms with E-state index in [9.17, 15) is 4.79 Å². The highest BCUT2D eigenvalue weighted by molar-refractivity contribution is 9.10. The maximum absolute atomic E-state index is 11.7. The number of carbonyl (C=O) groups is 1. The summed E-state index contributed by atoms with van der Waals surface area (Å²) in [5.74, 6) is 0.482. The lowest BCUT2D eigenvalue weighted by atomic mass is 10.3. The fourth-order valence-electron chi connectivity index (χ4n) is 1.61. The van der Waals surface area contributed by atoms with Crippen LogP contribution in [0.1, 0.15) is 23.8 Å². The highest BCUT2D eigenvalue weighted by atomic mass is 79.9. The number of benzene rings is 1. The van der Waals surface area contributed by atoms with Gasteiger partial charge in [-0.15, -0.1) is 0 Å². The zero-order valence-corrected chi connectivity index (χ0v) is 13.8. The third-order valence-electron chi connectivity index (χ3n) is 2.66. The van der Waals surface area contributed by atoms with E-state index in [0.717, 1.165) is 10.9 Å². The minimum Gasteiger partial charge on any atom is -0.470 e. The smallest absolute Gasteiger partial charge is 0.271 e. The largest absolute Gasteiger partial charge is 0.470 e. The molecule has 1 heterocycles. The first-order valence-electron chi connectivity index (χ1n) is 6.49. The second-order valence-corrected chi connectivity index (χ2v) is 5.64. The maximum Gasteiger partial charge on any atom is 0.271 e. The standard InChI is InChI=1S/C14H15BrClN3O2/c1-2-6-17-14(20)12-5-7-19(18-12)9-21-13-4-3-10(16)8-11(13)15/h3-5,7-8H,2,6,9H2,1H3,(H,17,20). The molecule has 7 heteroatoms. The summed E-state index contributed by atoms with van der Waals surface area (Å²) in [4.78, 5) is 11.7. The zero-order valence-electron chi connectivity index (χ0n) is 11.5. The van der Waals surface area contributed by atoms with Crippen molar-refractivity contribution in [1.29, 1.82) is 0 Å². The molecule has 0 atom stereocenters. The van der Waals surface area contributed by atoms with Crippen LogP contribution in [0.3, 0.4) is 0 Å². The van der Waals surface area contributed by atoms with Gasteiger partial charge >= 0.3 is 0 Å². The molecule has 0 spiro atoms. The van der Waals surface area contributed by atoms with E-state index < -0.39 is 0 Å². The molecular weight excluding hydrogens is 358 g/mol. The average molecular weight is 373 g/mol. The van der Waals surface area contributed by atoms with Gasteiger partial charge in [0.1, 0.15) is 11.4 Å². The maximum atomic E-state index is 11.7. The van der Waals surface area contributed by atoms with Crippen molar-refractivity contribution < 1.29 is 9.53 Å². The molecule has 2 aromatic rings. The number of nitrogens with zero attached hydrogens (tertiary/aromatic N) is 2. The van der Waals surface area contributed by atoms with Crippen molar-refractivity contribution in [3.63, 3.8) is 0 Å². The summed E-state index contributed by atoms with van der Waals surface area (Å²) in [6, 6.07) is 6.92. The molecule has 1 amide bonds. The van der Waals surface area contributed by atoms with Crippen molar-refractivity contribution in [1.82, 2.24) is 15.1 Å². The van der Waals surface area contributed by atoms with Gasteiger partial charge in [-0.1, -0.05) is 18.5 Å². The fourth-order valence-corrected chi connectivity index (χ4v) is 2.41. The van der Waals surface area contributed by atoms with E-state index in [1.54, 1.807) is 35.1 Å². The van der Waals surface area contributed by atoms with Crippen molar-refractivity contribution in [2.45, 2.75) is 20.1 Å². The third-order valence-corrected chi connectivity index (χ3v) is 3.51. The van der Waals surface area contributed by atoms with E-state index >= 15 is 0 Å². The molecule has 0 radical (unpaired) electrons. The number of hydrogen-bond acceptors (Lipinski definition) is 3. The highest BCUT2D eigenvalue weighted by Gasteiger charge is 2.09. The van der Waals surface area contributed by atoms with Gasteiger partial charge in [-0.25, -0.2) is 4.68 Å². The molecule has 0 aliphatic heterocycles. The summed E-state index contributed by atoms with van der Waals surface area (Å²) in [7, 11) is 0. The first kappa shape index (κ1) is 15.9. The molecule has 0 saturated heterocycles. The quantitative estimate of drug-likeness (QED) is 0.844. The zero-order chi connectivity index (χ0) is 15.2. The van der Waals surface area contributed by atoms with Gasteiger partial charge in [-0.05, 0) is 46.6 Å². The Morgan fingerprint density at radius 2 is 2.29 bits per heavy atom.